The minimum Gasteiger partial charge on any atom is -0.393 e. The Hall–Kier alpha value is -0.930. The fourth-order valence-corrected chi connectivity index (χ4v) is 1.95. The summed E-state index contributed by atoms with van der Waals surface area (Å²) in [7, 11) is 0. The second kappa shape index (κ2) is 4.73. The largest absolute Gasteiger partial charge is 0.393 e. The van der Waals surface area contributed by atoms with Gasteiger partial charge in [-0.1, -0.05) is 12.1 Å². The van der Waals surface area contributed by atoms with Gasteiger partial charge >= 0.3 is 0 Å². The lowest BCUT2D eigenvalue weighted by Crippen LogP contribution is -2.33. The van der Waals surface area contributed by atoms with Crippen LogP contribution in [0.15, 0.2) is 24.3 Å². The number of aliphatic hydroxyl groups is 1. The molecule has 1 saturated heterocycles. The zero-order valence-corrected chi connectivity index (χ0v) is 8.53. The summed E-state index contributed by atoms with van der Waals surface area (Å²) in [5.41, 5.74) is 0.921. The van der Waals surface area contributed by atoms with Gasteiger partial charge in [0.2, 0.25) is 0 Å². The topological polar surface area (TPSA) is 29.5 Å². The number of halogens is 1. The van der Waals surface area contributed by atoms with Gasteiger partial charge in [-0.2, -0.15) is 0 Å². The molecule has 1 aromatic rings. The van der Waals surface area contributed by atoms with Crippen LogP contribution < -0.4 is 0 Å². The maximum atomic E-state index is 12.9. The van der Waals surface area contributed by atoms with Crippen molar-refractivity contribution in [3.05, 3.63) is 35.6 Å². The van der Waals surface area contributed by atoms with E-state index in [2.05, 4.69) is 0 Å². The molecule has 1 aromatic carbocycles. The third-order valence-electron chi connectivity index (χ3n) is 2.82. The fourth-order valence-electron chi connectivity index (χ4n) is 1.95. The van der Waals surface area contributed by atoms with E-state index in [9.17, 15) is 9.50 Å². The molecule has 1 heterocycles. The third-order valence-corrected chi connectivity index (χ3v) is 2.82. The molecule has 1 aliphatic heterocycles. The molecule has 3 heteroatoms. The van der Waals surface area contributed by atoms with Crippen LogP contribution in [0.4, 0.5) is 4.39 Å². The van der Waals surface area contributed by atoms with E-state index in [-0.39, 0.29) is 17.8 Å². The molecule has 15 heavy (non-hydrogen) atoms. The molecule has 0 saturated carbocycles. The minimum atomic E-state index is -0.318. The van der Waals surface area contributed by atoms with Crippen molar-refractivity contribution in [2.45, 2.75) is 18.9 Å². The Balaban J connectivity index is 2.01. The molecule has 0 unspecified atom stereocenters. The van der Waals surface area contributed by atoms with E-state index in [4.69, 9.17) is 4.74 Å². The molecule has 2 atom stereocenters. The summed E-state index contributed by atoms with van der Waals surface area (Å²) in [4.78, 5) is 0. The molecule has 0 amide bonds. The number of hydrogen-bond donors (Lipinski definition) is 1. The normalized spacial score (nSPS) is 26.5. The maximum Gasteiger partial charge on any atom is 0.123 e. The number of ether oxygens (including phenoxy) is 1. The van der Waals surface area contributed by atoms with Crippen LogP contribution in [0.25, 0.3) is 0 Å². The molecular formula is C12H15FO2. The summed E-state index contributed by atoms with van der Waals surface area (Å²) in [5, 5.41) is 9.73. The lowest BCUT2D eigenvalue weighted by atomic mass is 9.91. The average molecular weight is 210 g/mol. The maximum absolute atomic E-state index is 12.9. The Kier molecular flexibility index (Phi) is 3.34. The van der Waals surface area contributed by atoms with Crippen LogP contribution in [0.2, 0.25) is 0 Å². The first-order valence-corrected chi connectivity index (χ1v) is 5.26. The molecule has 0 aliphatic carbocycles. The quantitative estimate of drug-likeness (QED) is 0.806. The van der Waals surface area contributed by atoms with E-state index in [1.807, 2.05) is 6.07 Å². The van der Waals surface area contributed by atoms with Gasteiger partial charge in [0, 0.05) is 12.5 Å². The van der Waals surface area contributed by atoms with Gasteiger partial charge < -0.3 is 9.84 Å². The monoisotopic (exact) mass is 210 g/mol. The van der Waals surface area contributed by atoms with Crippen molar-refractivity contribution < 1.29 is 14.2 Å². The van der Waals surface area contributed by atoms with Crippen LogP contribution in [-0.2, 0) is 11.2 Å². The molecule has 1 N–H and O–H groups in total. The van der Waals surface area contributed by atoms with Crippen molar-refractivity contribution in [2.75, 3.05) is 13.2 Å². The van der Waals surface area contributed by atoms with Crippen LogP contribution in [0, 0.1) is 11.7 Å². The van der Waals surface area contributed by atoms with Crippen molar-refractivity contribution in [3.8, 4) is 0 Å². The zero-order chi connectivity index (χ0) is 10.7. The first-order valence-electron chi connectivity index (χ1n) is 5.26. The van der Waals surface area contributed by atoms with Crippen LogP contribution >= 0.6 is 0 Å². The van der Waals surface area contributed by atoms with Gasteiger partial charge in [-0.3, -0.25) is 0 Å². The van der Waals surface area contributed by atoms with E-state index >= 15 is 0 Å². The summed E-state index contributed by atoms with van der Waals surface area (Å²) in [6, 6.07) is 6.52. The Morgan fingerprint density at radius 2 is 2.33 bits per heavy atom. The first kappa shape index (κ1) is 10.6. The van der Waals surface area contributed by atoms with E-state index < -0.39 is 0 Å². The highest BCUT2D eigenvalue weighted by Gasteiger charge is 2.23. The van der Waals surface area contributed by atoms with Gasteiger partial charge in [0.1, 0.15) is 5.82 Å². The number of benzene rings is 1. The molecule has 2 nitrogen and oxygen atoms in total. The van der Waals surface area contributed by atoms with Crippen LogP contribution in [0.1, 0.15) is 12.0 Å². The van der Waals surface area contributed by atoms with Crippen molar-refractivity contribution >= 4 is 0 Å². The summed E-state index contributed by atoms with van der Waals surface area (Å²) >= 11 is 0. The molecule has 1 fully saturated rings. The minimum absolute atomic E-state index is 0.0977. The summed E-state index contributed by atoms with van der Waals surface area (Å²) in [5.74, 6) is -0.126. The SMILES string of the molecule is O[C@H]1CCOC[C@@H]1Cc1cccc(F)c1. The summed E-state index contributed by atoms with van der Waals surface area (Å²) in [6.07, 6.45) is 1.04. The highest BCUT2D eigenvalue weighted by molar-refractivity contribution is 5.17. The molecule has 0 spiro atoms. The zero-order valence-electron chi connectivity index (χ0n) is 8.53. The number of aliphatic hydroxyl groups excluding tert-OH is 1. The fraction of sp³-hybridized carbons (Fsp3) is 0.500. The molecule has 1 aliphatic rings. The van der Waals surface area contributed by atoms with Gasteiger partial charge in [0.25, 0.3) is 0 Å². The lowest BCUT2D eigenvalue weighted by molar-refractivity contribution is -0.0350. The first-order chi connectivity index (χ1) is 7.25. The Labute approximate surface area is 88.7 Å². The highest BCUT2D eigenvalue weighted by Crippen LogP contribution is 2.19. The molecule has 82 valence electrons. The van der Waals surface area contributed by atoms with Crippen LogP contribution in [-0.4, -0.2) is 24.4 Å². The average Bonchev–Trinajstić information content (AvgIpc) is 2.22. The van der Waals surface area contributed by atoms with Gasteiger partial charge in [-0.25, -0.2) is 4.39 Å². The molecule has 2 rings (SSSR count). The molecule has 0 radical (unpaired) electrons. The van der Waals surface area contributed by atoms with Crippen molar-refractivity contribution in [3.63, 3.8) is 0 Å². The predicted molar refractivity (Wildman–Crippen MR) is 55.0 cm³/mol. The third kappa shape index (κ3) is 2.76. The van der Waals surface area contributed by atoms with Crippen molar-refractivity contribution in [1.29, 1.82) is 0 Å². The van der Waals surface area contributed by atoms with Crippen LogP contribution in [0.3, 0.4) is 0 Å². The van der Waals surface area contributed by atoms with E-state index in [0.717, 1.165) is 5.56 Å². The number of hydrogen-bond acceptors (Lipinski definition) is 2. The summed E-state index contributed by atoms with van der Waals surface area (Å²) in [6.45, 7) is 1.19. The standard InChI is InChI=1S/C12H15FO2/c13-11-3-1-2-9(7-11)6-10-8-15-5-4-12(10)14/h1-3,7,10,12,14H,4-6,8H2/t10-,12-/m0/s1. The second-order valence-electron chi connectivity index (χ2n) is 4.03. The van der Waals surface area contributed by atoms with Crippen molar-refractivity contribution in [1.82, 2.24) is 0 Å². The smallest absolute Gasteiger partial charge is 0.123 e. The van der Waals surface area contributed by atoms with E-state index in [1.54, 1.807) is 6.07 Å². The molecule has 0 bridgehead atoms. The predicted octanol–water partition coefficient (Wildman–Crippen LogP) is 1.77. The van der Waals surface area contributed by atoms with Gasteiger partial charge in [0.05, 0.1) is 12.7 Å². The Morgan fingerprint density at radius 1 is 1.47 bits per heavy atom. The molecule has 0 aromatic heterocycles. The van der Waals surface area contributed by atoms with Gasteiger partial charge in [-0.05, 0) is 30.5 Å². The van der Waals surface area contributed by atoms with Gasteiger partial charge in [0.15, 0.2) is 0 Å². The van der Waals surface area contributed by atoms with Gasteiger partial charge in [-0.15, -0.1) is 0 Å². The Morgan fingerprint density at radius 3 is 3.07 bits per heavy atom. The highest BCUT2D eigenvalue weighted by atomic mass is 19.1. The second-order valence-corrected chi connectivity index (χ2v) is 4.03. The van der Waals surface area contributed by atoms with E-state index in [0.29, 0.717) is 26.1 Å². The van der Waals surface area contributed by atoms with Crippen LogP contribution in [0.5, 0.6) is 0 Å². The van der Waals surface area contributed by atoms with E-state index in [1.165, 1.54) is 12.1 Å². The Bertz CT molecular complexity index is 327. The molecular weight excluding hydrogens is 195 g/mol. The number of rotatable bonds is 2. The lowest BCUT2D eigenvalue weighted by Gasteiger charge is -2.27. The van der Waals surface area contributed by atoms with Crippen molar-refractivity contribution in [2.24, 2.45) is 5.92 Å². The summed E-state index contributed by atoms with van der Waals surface area (Å²) < 4.78 is 18.2.